The van der Waals surface area contributed by atoms with Gasteiger partial charge < -0.3 is 24.6 Å². The first-order valence-corrected chi connectivity index (χ1v) is 15.1. The lowest BCUT2D eigenvalue weighted by Crippen LogP contribution is -2.52. The van der Waals surface area contributed by atoms with Gasteiger partial charge in [-0.1, -0.05) is 17.7 Å². The predicted molar refractivity (Wildman–Crippen MR) is 153 cm³/mol. The van der Waals surface area contributed by atoms with Gasteiger partial charge in [-0.05, 0) is 89.7 Å². The highest BCUT2D eigenvalue weighted by Crippen LogP contribution is 2.35. The molecule has 2 saturated heterocycles. The first-order chi connectivity index (χ1) is 18.7. The summed E-state index contributed by atoms with van der Waals surface area (Å²) in [6.07, 6.45) is 15.5. The third-order valence-corrected chi connectivity index (χ3v) is 8.65. The van der Waals surface area contributed by atoms with E-state index < -0.39 is 5.60 Å². The average Bonchev–Trinajstić information content (AvgIpc) is 3.17. The molecule has 2 aliphatic heterocycles. The molecule has 0 aromatic carbocycles. The van der Waals surface area contributed by atoms with Crippen molar-refractivity contribution in [2.24, 2.45) is 17.8 Å². The minimum absolute atomic E-state index is 0.203. The summed E-state index contributed by atoms with van der Waals surface area (Å²) in [4.78, 5) is 18.6. The van der Waals surface area contributed by atoms with Crippen molar-refractivity contribution >= 4 is 6.09 Å². The maximum Gasteiger partial charge on any atom is 0.410 e. The van der Waals surface area contributed by atoms with Gasteiger partial charge in [0.1, 0.15) is 17.6 Å². The highest BCUT2D eigenvalue weighted by molar-refractivity contribution is 5.68. The number of aliphatic hydroxyl groups excluding tert-OH is 2. The van der Waals surface area contributed by atoms with Gasteiger partial charge in [0.15, 0.2) is 0 Å². The molecule has 3 unspecified atom stereocenters. The fourth-order valence-corrected chi connectivity index (χ4v) is 6.19. The molecule has 2 N–H and O–H groups in total. The van der Waals surface area contributed by atoms with Gasteiger partial charge in [0.25, 0.3) is 0 Å². The van der Waals surface area contributed by atoms with Crippen LogP contribution in [0.5, 0.6) is 0 Å². The summed E-state index contributed by atoms with van der Waals surface area (Å²) in [6, 6.07) is 0. The van der Waals surface area contributed by atoms with E-state index in [1.54, 1.807) is 0 Å². The molecule has 0 radical (unpaired) electrons. The normalized spacial score (nSPS) is 26.9. The zero-order valence-corrected chi connectivity index (χ0v) is 24.4. The topological polar surface area (TPSA) is 85.7 Å². The van der Waals surface area contributed by atoms with Crippen molar-refractivity contribution in [1.82, 2.24) is 14.7 Å². The minimum atomic E-state index is -0.457. The molecular formula is C31H51N3O5. The van der Waals surface area contributed by atoms with Gasteiger partial charge >= 0.3 is 6.09 Å². The van der Waals surface area contributed by atoms with Gasteiger partial charge in [-0.2, -0.15) is 0 Å². The summed E-state index contributed by atoms with van der Waals surface area (Å²) >= 11 is 0. The minimum Gasteiger partial charge on any atom is -0.494 e. The van der Waals surface area contributed by atoms with Crippen molar-refractivity contribution in [2.45, 2.75) is 77.5 Å². The van der Waals surface area contributed by atoms with E-state index in [-0.39, 0.29) is 18.9 Å². The number of hydrogen-bond donors (Lipinski definition) is 2. The van der Waals surface area contributed by atoms with Crippen LogP contribution in [-0.2, 0) is 9.47 Å². The molecule has 39 heavy (non-hydrogen) atoms. The summed E-state index contributed by atoms with van der Waals surface area (Å²) in [7, 11) is 0. The smallest absolute Gasteiger partial charge is 0.410 e. The molecule has 2 fully saturated rings. The highest BCUT2D eigenvalue weighted by Gasteiger charge is 2.31. The van der Waals surface area contributed by atoms with E-state index in [1.165, 1.54) is 5.57 Å². The lowest BCUT2D eigenvalue weighted by Gasteiger charge is -2.40. The largest absolute Gasteiger partial charge is 0.494 e. The van der Waals surface area contributed by atoms with Crippen molar-refractivity contribution in [1.29, 1.82) is 0 Å². The summed E-state index contributed by atoms with van der Waals surface area (Å²) in [6.45, 7) is 12.4. The number of likely N-dealkylation sites (tertiary alicyclic amines) is 1. The molecule has 1 amide bonds. The number of amides is 1. The quantitative estimate of drug-likeness (QED) is 0.443. The van der Waals surface area contributed by atoms with Crippen molar-refractivity contribution in [3.05, 3.63) is 35.6 Å². The molecule has 2 heterocycles. The number of allylic oxidation sites excluding steroid dienone is 5. The Bertz CT molecular complexity index is 879. The van der Waals surface area contributed by atoms with Gasteiger partial charge in [0.2, 0.25) is 0 Å². The van der Waals surface area contributed by atoms with E-state index in [2.05, 4.69) is 34.1 Å². The van der Waals surface area contributed by atoms with Crippen LogP contribution < -0.4 is 0 Å². The zero-order valence-electron chi connectivity index (χ0n) is 24.4. The van der Waals surface area contributed by atoms with Crippen LogP contribution in [0.25, 0.3) is 0 Å². The lowest BCUT2D eigenvalue weighted by molar-refractivity contribution is -0.0645. The third kappa shape index (κ3) is 9.07. The molecular weight excluding hydrogens is 494 g/mol. The number of aliphatic hydroxyl groups is 2. The average molecular weight is 546 g/mol. The van der Waals surface area contributed by atoms with E-state index in [1.807, 2.05) is 25.7 Å². The fraction of sp³-hybridized carbons (Fsp3) is 0.774. The number of carbonyl (C=O) groups excluding carboxylic acids is 1. The van der Waals surface area contributed by atoms with Crippen molar-refractivity contribution in [2.75, 3.05) is 59.0 Å². The van der Waals surface area contributed by atoms with Crippen LogP contribution in [0.3, 0.4) is 0 Å². The Labute approximate surface area is 235 Å². The van der Waals surface area contributed by atoms with Crippen LogP contribution in [0.4, 0.5) is 4.79 Å². The van der Waals surface area contributed by atoms with Crippen LogP contribution >= 0.6 is 0 Å². The molecule has 8 nitrogen and oxygen atoms in total. The summed E-state index contributed by atoms with van der Waals surface area (Å²) < 4.78 is 11.7. The van der Waals surface area contributed by atoms with Gasteiger partial charge in [-0.15, -0.1) is 0 Å². The van der Waals surface area contributed by atoms with E-state index in [0.29, 0.717) is 24.4 Å². The number of β-amino-alcohol motifs (C(OH)–C–C–N with tert-alkyl or cyclic N) is 1. The van der Waals surface area contributed by atoms with Crippen LogP contribution in [0.15, 0.2) is 35.6 Å². The number of hydrogen-bond acceptors (Lipinski definition) is 7. The van der Waals surface area contributed by atoms with Gasteiger partial charge in [-0.3, -0.25) is 9.80 Å². The summed E-state index contributed by atoms with van der Waals surface area (Å²) in [5.74, 6) is 2.17. The maximum absolute atomic E-state index is 12.3. The Kier molecular flexibility index (Phi) is 10.9. The second-order valence-electron chi connectivity index (χ2n) is 12.7. The van der Waals surface area contributed by atoms with Crippen molar-refractivity contribution in [3.8, 4) is 0 Å². The molecule has 0 spiro atoms. The van der Waals surface area contributed by atoms with Crippen LogP contribution in [0.2, 0.25) is 0 Å². The predicted octanol–water partition coefficient (Wildman–Crippen LogP) is 4.16. The van der Waals surface area contributed by atoms with Gasteiger partial charge in [0, 0.05) is 51.7 Å². The van der Waals surface area contributed by atoms with Crippen molar-refractivity contribution in [3.63, 3.8) is 0 Å². The monoisotopic (exact) mass is 545 g/mol. The third-order valence-electron chi connectivity index (χ3n) is 8.65. The number of ether oxygens (including phenoxy) is 2. The van der Waals surface area contributed by atoms with Crippen LogP contribution in [-0.4, -0.2) is 102 Å². The Morgan fingerprint density at radius 3 is 2.44 bits per heavy atom. The lowest BCUT2D eigenvalue weighted by atomic mass is 9.81. The molecule has 0 bridgehead atoms. The summed E-state index contributed by atoms with van der Waals surface area (Å²) in [5.41, 5.74) is 1.05. The fourth-order valence-electron chi connectivity index (χ4n) is 6.19. The molecule has 2 aliphatic carbocycles. The van der Waals surface area contributed by atoms with E-state index in [0.717, 1.165) is 96.5 Å². The zero-order chi connectivity index (χ0) is 27.8. The summed E-state index contributed by atoms with van der Waals surface area (Å²) in [5, 5.41) is 20.2. The molecule has 4 aliphatic rings. The maximum atomic E-state index is 12.3. The highest BCUT2D eigenvalue weighted by atomic mass is 16.6. The Balaban J connectivity index is 1.17. The molecule has 4 rings (SSSR count). The van der Waals surface area contributed by atoms with E-state index in [4.69, 9.17) is 14.6 Å². The SMILES string of the molecule is CC(C)(C)OC(=O)N1CCC(COC2=CCCC(C3=CCC(C(O)N4CCN(CCO)CC4)CC3)C=C2)CC1. The van der Waals surface area contributed by atoms with Gasteiger partial charge in [0.05, 0.1) is 13.2 Å². The van der Waals surface area contributed by atoms with Gasteiger partial charge in [-0.25, -0.2) is 4.79 Å². The first-order valence-electron chi connectivity index (χ1n) is 15.1. The number of piperazine rings is 1. The van der Waals surface area contributed by atoms with Crippen LogP contribution in [0, 0.1) is 17.8 Å². The van der Waals surface area contributed by atoms with Crippen molar-refractivity contribution < 1.29 is 24.5 Å². The molecule has 0 aromatic rings. The number of piperidine rings is 1. The first kappa shape index (κ1) is 30.1. The molecule has 8 heteroatoms. The second kappa shape index (κ2) is 14.2. The standard InChI is InChI=1S/C31H51N3O5/c1-31(2,3)39-30(37)34-15-13-24(14-16-34)23-38-28-6-4-5-25(11-12-28)26-7-9-27(10-8-26)29(36)33-19-17-32(18-20-33)21-22-35/h6-7,11-12,24-25,27,29,35-36H,4-5,8-10,13-23H2,1-3H3. The van der Waals surface area contributed by atoms with Crippen LogP contribution in [0.1, 0.15) is 65.7 Å². The molecule has 0 aromatic heterocycles. The van der Waals surface area contributed by atoms with E-state index >= 15 is 0 Å². The second-order valence-corrected chi connectivity index (χ2v) is 12.7. The molecule has 3 atom stereocenters. The number of nitrogens with zero attached hydrogens (tertiary/aromatic N) is 3. The van der Waals surface area contributed by atoms with E-state index in [9.17, 15) is 9.90 Å². The molecule has 220 valence electrons. The number of carbonyl (C=O) groups is 1. The Hall–Kier alpha value is -1.87. The Morgan fingerprint density at radius 1 is 1.05 bits per heavy atom. The number of rotatable bonds is 8. The Morgan fingerprint density at radius 2 is 1.79 bits per heavy atom. The molecule has 0 saturated carbocycles.